The molecule has 3 heterocycles. The molecule has 2 aromatic rings. The molecule has 2 aliphatic heterocycles. The van der Waals surface area contributed by atoms with Crippen molar-refractivity contribution in [2.45, 2.75) is 38.1 Å². The second-order valence-electron chi connectivity index (χ2n) is 7.80. The summed E-state index contributed by atoms with van der Waals surface area (Å²) in [4.78, 5) is 7.08. The number of methoxy groups -OCH3 is 1. The highest BCUT2D eigenvalue weighted by Crippen LogP contribution is 2.35. The summed E-state index contributed by atoms with van der Waals surface area (Å²) in [5.74, 6) is 1.55. The van der Waals surface area contributed by atoms with E-state index >= 15 is 0 Å². The molecule has 1 aromatic heterocycles. The monoisotopic (exact) mass is 384 g/mol. The maximum Gasteiger partial charge on any atom is 0.163 e. The summed E-state index contributed by atoms with van der Waals surface area (Å²) in [5.41, 5.74) is 2.06. The van der Waals surface area contributed by atoms with Crippen molar-refractivity contribution in [3.05, 3.63) is 24.4 Å². The molecule has 4 rings (SSSR count). The molecule has 2 N–H and O–H groups in total. The van der Waals surface area contributed by atoms with Crippen molar-refractivity contribution in [2.75, 3.05) is 51.8 Å². The predicted molar refractivity (Wildman–Crippen MR) is 114 cm³/mol. The first-order valence-corrected chi connectivity index (χ1v) is 10.6. The molecule has 0 bridgehead atoms. The normalized spacial score (nSPS) is 18.5. The molecule has 1 aromatic carbocycles. The average Bonchev–Trinajstić information content (AvgIpc) is 3.25. The number of rotatable bonds is 8. The Morgan fingerprint density at radius 1 is 1.18 bits per heavy atom. The first-order chi connectivity index (χ1) is 13.8. The van der Waals surface area contributed by atoms with Crippen LogP contribution in [0, 0.1) is 0 Å². The highest BCUT2D eigenvalue weighted by molar-refractivity contribution is 5.93. The molecule has 28 heavy (non-hydrogen) atoms. The summed E-state index contributed by atoms with van der Waals surface area (Å²) in [6.07, 6.45) is 7.84. The Bertz CT molecular complexity index is 770. The standard InChI is InChI=1S/C22H32N4O2/c1-27-21-15-18-19(25-17-5-8-23-9-6-17)7-10-24-20(18)16-22(21)28-14-4-13-26-11-2-3-12-26/h7,10,15-17,23H,2-6,8-9,11-14H2,1H3,(H,24,25). The molecule has 2 fully saturated rings. The Balaban J connectivity index is 1.45. The van der Waals surface area contributed by atoms with E-state index in [1.165, 1.54) is 25.9 Å². The number of nitrogens with one attached hydrogen (secondary N) is 2. The van der Waals surface area contributed by atoms with Crippen LogP contribution in [0.25, 0.3) is 10.9 Å². The van der Waals surface area contributed by atoms with Gasteiger partial charge >= 0.3 is 0 Å². The number of anilines is 1. The van der Waals surface area contributed by atoms with Gasteiger partial charge in [-0.05, 0) is 70.4 Å². The Morgan fingerprint density at radius 2 is 2.00 bits per heavy atom. The minimum atomic E-state index is 0.499. The second kappa shape index (κ2) is 9.43. The van der Waals surface area contributed by atoms with Crippen molar-refractivity contribution >= 4 is 16.6 Å². The largest absolute Gasteiger partial charge is 0.493 e. The van der Waals surface area contributed by atoms with Gasteiger partial charge in [-0.3, -0.25) is 4.98 Å². The van der Waals surface area contributed by atoms with Gasteiger partial charge in [0.2, 0.25) is 0 Å². The molecule has 0 amide bonds. The highest BCUT2D eigenvalue weighted by atomic mass is 16.5. The van der Waals surface area contributed by atoms with Gasteiger partial charge in [-0.1, -0.05) is 0 Å². The van der Waals surface area contributed by atoms with Gasteiger partial charge in [-0.2, -0.15) is 0 Å². The third-order valence-electron chi connectivity index (χ3n) is 5.80. The van der Waals surface area contributed by atoms with Gasteiger partial charge in [0, 0.05) is 35.9 Å². The fraction of sp³-hybridized carbons (Fsp3) is 0.591. The lowest BCUT2D eigenvalue weighted by molar-refractivity contribution is 0.254. The summed E-state index contributed by atoms with van der Waals surface area (Å²) in [7, 11) is 1.70. The van der Waals surface area contributed by atoms with Gasteiger partial charge in [-0.15, -0.1) is 0 Å². The Labute approximate surface area is 167 Å². The van der Waals surface area contributed by atoms with E-state index in [1.54, 1.807) is 7.11 Å². The van der Waals surface area contributed by atoms with Crippen molar-refractivity contribution < 1.29 is 9.47 Å². The fourth-order valence-corrected chi connectivity index (χ4v) is 4.21. The van der Waals surface area contributed by atoms with Crippen LogP contribution in [0.1, 0.15) is 32.1 Å². The summed E-state index contributed by atoms with van der Waals surface area (Å²) in [6.45, 7) is 6.41. The van der Waals surface area contributed by atoms with Gasteiger partial charge in [0.25, 0.3) is 0 Å². The molecular weight excluding hydrogens is 352 g/mol. The molecule has 2 saturated heterocycles. The van der Waals surface area contributed by atoms with Crippen molar-refractivity contribution in [2.24, 2.45) is 0 Å². The summed E-state index contributed by atoms with van der Waals surface area (Å²) in [6, 6.07) is 6.62. The van der Waals surface area contributed by atoms with Gasteiger partial charge < -0.3 is 25.0 Å². The van der Waals surface area contributed by atoms with E-state index in [0.717, 1.165) is 67.0 Å². The zero-order valence-electron chi connectivity index (χ0n) is 16.9. The van der Waals surface area contributed by atoms with Gasteiger partial charge in [0.1, 0.15) is 0 Å². The Morgan fingerprint density at radius 3 is 2.79 bits per heavy atom. The molecule has 0 atom stereocenters. The molecule has 6 nitrogen and oxygen atoms in total. The topological polar surface area (TPSA) is 58.6 Å². The van der Waals surface area contributed by atoms with E-state index in [1.807, 2.05) is 12.3 Å². The number of likely N-dealkylation sites (tertiary alicyclic amines) is 1. The quantitative estimate of drug-likeness (QED) is 0.681. The van der Waals surface area contributed by atoms with E-state index < -0.39 is 0 Å². The van der Waals surface area contributed by atoms with Crippen molar-refractivity contribution in [3.63, 3.8) is 0 Å². The summed E-state index contributed by atoms with van der Waals surface area (Å²) >= 11 is 0. The summed E-state index contributed by atoms with van der Waals surface area (Å²) in [5, 5.41) is 8.20. The number of nitrogens with zero attached hydrogens (tertiary/aromatic N) is 2. The van der Waals surface area contributed by atoms with Crippen LogP contribution < -0.4 is 20.1 Å². The number of ether oxygens (including phenoxy) is 2. The number of hydrogen-bond acceptors (Lipinski definition) is 6. The van der Waals surface area contributed by atoms with Crippen molar-refractivity contribution in [3.8, 4) is 11.5 Å². The number of benzene rings is 1. The number of hydrogen-bond donors (Lipinski definition) is 2. The number of piperidine rings is 1. The smallest absolute Gasteiger partial charge is 0.163 e. The third kappa shape index (κ3) is 4.67. The van der Waals surface area contributed by atoms with Crippen LogP contribution in [0.15, 0.2) is 24.4 Å². The predicted octanol–water partition coefficient (Wildman–Crippen LogP) is 3.27. The molecular formula is C22H32N4O2. The molecule has 152 valence electrons. The Kier molecular flexibility index (Phi) is 6.49. The SMILES string of the molecule is COc1cc2c(NC3CCNCC3)ccnc2cc1OCCCN1CCCC1. The van der Waals surface area contributed by atoms with Crippen molar-refractivity contribution in [1.29, 1.82) is 0 Å². The number of fused-ring (bicyclic) bond motifs is 1. The van der Waals surface area contributed by atoms with Gasteiger partial charge in [0.15, 0.2) is 11.5 Å². The average molecular weight is 385 g/mol. The lowest BCUT2D eigenvalue weighted by Crippen LogP contribution is -2.35. The molecule has 0 unspecified atom stereocenters. The van der Waals surface area contributed by atoms with Crippen LogP contribution in [0.2, 0.25) is 0 Å². The van der Waals surface area contributed by atoms with E-state index in [4.69, 9.17) is 9.47 Å². The van der Waals surface area contributed by atoms with Crippen LogP contribution in [0.3, 0.4) is 0 Å². The minimum Gasteiger partial charge on any atom is -0.493 e. The maximum atomic E-state index is 6.07. The molecule has 0 aliphatic carbocycles. The summed E-state index contributed by atoms with van der Waals surface area (Å²) < 4.78 is 11.7. The van der Waals surface area contributed by atoms with E-state index in [0.29, 0.717) is 12.6 Å². The minimum absolute atomic E-state index is 0.499. The lowest BCUT2D eigenvalue weighted by Gasteiger charge is -2.25. The molecule has 0 saturated carbocycles. The van der Waals surface area contributed by atoms with Gasteiger partial charge in [-0.25, -0.2) is 0 Å². The third-order valence-corrected chi connectivity index (χ3v) is 5.80. The first-order valence-electron chi connectivity index (χ1n) is 10.6. The zero-order valence-corrected chi connectivity index (χ0v) is 16.9. The highest BCUT2D eigenvalue weighted by Gasteiger charge is 2.16. The number of aromatic nitrogens is 1. The molecule has 0 radical (unpaired) electrons. The van der Waals surface area contributed by atoms with Crippen LogP contribution in [-0.2, 0) is 0 Å². The van der Waals surface area contributed by atoms with Crippen LogP contribution in [0.5, 0.6) is 11.5 Å². The lowest BCUT2D eigenvalue weighted by atomic mass is 10.1. The Hall–Kier alpha value is -2.05. The molecule has 0 spiro atoms. The van der Waals surface area contributed by atoms with Crippen LogP contribution in [0.4, 0.5) is 5.69 Å². The van der Waals surface area contributed by atoms with Crippen molar-refractivity contribution in [1.82, 2.24) is 15.2 Å². The maximum absolute atomic E-state index is 6.07. The fourth-order valence-electron chi connectivity index (χ4n) is 4.21. The van der Waals surface area contributed by atoms with Crippen LogP contribution in [-0.4, -0.2) is 62.4 Å². The van der Waals surface area contributed by atoms with Crippen LogP contribution >= 0.6 is 0 Å². The molecule has 6 heteroatoms. The van der Waals surface area contributed by atoms with Gasteiger partial charge in [0.05, 0.1) is 19.2 Å². The molecule has 2 aliphatic rings. The zero-order chi connectivity index (χ0) is 19.2. The first kappa shape index (κ1) is 19.3. The van der Waals surface area contributed by atoms with E-state index in [9.17, 15) is 0 Å². The second-order valence-corrected chi connectivity index (χ2v) is 7.80. The number of pyridine rings is 1. The van der Waals surface area contributed by atoms with E-state index in [2.05, 4.69) is 32.7 Å². The van der Waals surface area contributed by atoms with E-state index in [-0.39, 0.29) is 0 Å².